The normalized spacial score (nSPS) is 13.5. The monoisotopic (exact) mass is 350 g/mol. The first-order valence-corrected chi connectivity index (χ1v) is 8.67. The molecule has 0 saturated carbocycles. The molecule has 0 aliphatic carbocycles. The fraction of sp³-hybridized carbons (Fsp3) is 0.238. The van der Waals surface area contributed by atoms with Gasteiger partial charge in [-0.05, 0) is 48.7 Å². The highest BCUT2D eigenvalue weighted by Crippen LogP contribution is 2.24. The van der Waals surface area contributed by atoms with Crippen molar-refractivity contribution in [3.8, 4) is 11.5 Å². The molecule has 1 aliphatic rings. The molecule has 3 aromatic rings. The molecule has 2 heterocycles. The van der Waals surface area contributed by atoms with Gasteiger partial charge >= 0.3 is 0 Å². The SMILES string of the molecule is Cc1oc(-c2ccc(F)cc2)nc1CC(=O)N1CCc2ccccc2C1. The van der Waals surface area contributed by atoms with Gasteiger partial charge in [-0.3, -0.25) is 4.79 Å². The van der Waals surface area contributed by atoms with Crippen molar-refractivity contribution in [2.45, 2.75) is 26.3 Å². The van der Waals surface area contributed by atoms with Crippen LogP contribution in [0.5, 0.6) is 0 Å². The van der Waals surface area contributed by atoms with Crippen LogP contribution < -0.4 is 0 Å². The van der Waals surface area contributed by atoms with Crippen molar-refractivity contribution < 1.29 is 13.6 Å². The maximum atomic E-state index is 13.1. The molecular weight excluding hydrogens is 331 g/mol. The summed E-state index contributed by atoms with van der Waals surface area (Å²) in [5.74, 6) is 0.767. The van der Waals surface area contributed by atoms with E-state index in [4.69, 9.17) is 4.42 Å². The van der Waals surface area contributed by atoms with Crippen LogP contribution in [-0.2, 0) is 24.2 Å². The molecule has 2 aromatic carbocycles. The molecule has 0 bridgehead atoms. The molecule has 1 aliphatic heterocycles. The number of hydrogen-bond acceptors (Lipinski definition) is 3. The Balaban J connectivity index is 1.49. The number of carbonyl (C=O) groups excluding carboxylic acids is 1. The molecule has 26 heavy (non-hydrogen) atoms. The Kier molecular flexibility index (Phi) is 4.29. The van der Waals surface area contributed by atoms with E-state index in [1.54, 1.807) is 19.1 Å². The minimum atomic E-state index is -0.308. The standard InChI is InChI=1S/C21H19FN2O2/c1-14-19(23-21(26-14)16-6-8-18(22)9-7-16)12-20(25)24-11-10-15-4-2-3-5-17(15)13-24/h2-9H,10-13H2,1H3. The van der Waals surface area contributed by atoms with E-state index in [0.717, 1.165) is 13.0 Å². The van der Waals surface area contributed by atoms with Crippen molar-refractivity contribution in [1.29, 1.82) is 0 Å². The number of aromatic nitrogens is 1. The Morgan fingerprint density at radius 1 is 1.15 bits per heavy atom. The number of aryl methyl sites for hydroxylation is 1. The van der Waals surface area contributed by atoms with E-state index >= 15 is 0 Å². The predicted octanol–water partition coefficient (Wildman–Crippen LogP) is 3.92. The molecule has 1 aromatic heterocycles. The summed E-state index contributed by atoms with van der Waals surface area (Å²) < 4.78 is 18.7. The van der Waals surface area contributed by atoms with Gasteiger partial charge in [-0.2, -0.15) is 0 Å². The average Bonchev–Trinajstić information content (AvgIpc) is 3.02. The molecule has 0 saturated heterocycles. The van der Waals surface area contributed by atoms with Crippen LogP contribution >= 0.6 is 0 Å². The number of carbonyl (C=O) groups is 1. The minimum absolute atomic E-state index is 0.0431. The van der Waals surface area contributed by atoms with E-state index in [2.05, 4.69) is 17.1 Å². The minimum Gasteiger partial charge on any atom is -0.441 e. The second-order valence-electron chi connectivity index (χ2n) is 6.54. The predicted molar refractivity (Wildman–Crippen MR) is 95.9 cm³/mol. The second kappa shape index (κ2) is 6.75. The van der Waals surface area contributed by atoms with Gasteiger partial charge in [0.15, 0.2) is 0 Å². The van der Waals surface area contributed by atoms with Crippen LogP contribution in [0.2, 0.25) is 0 Å². The quantitative estimate of drug-likeness (QED) is 0.719. The fourth-order valence-corrected chi connectivity index (χ4v) is 3.27. The summed E-state index contributed by atoms with van der Waals surface area (Å²) in [7, 11) is 0. The third-order valence-corrected chi connectivity index (χ3v) is 4.79. The Morgan fingerprint density at radius 3 is 2.65 bits per heavy atom. The van der Waals surface area contributed by atoms with Gasteiger partial charge in [-0.15, -0.1) is 0 Å². The topological polar surface area (TPSA) is 46.3 Å². The summed E-state index contributed by atoms with van der Waals surface area (Å²) in [4.78, 5) is 19.0. The van der Waals surface area contributed by atoms with Gasteiger partial charge in [-0.25, -0.2) is 9.37 Å². The zero-order valence-electron chi connectivity index (χ0n) is 14.5. The molecule has 0 fully saturated rings. The van der Waals surface area contributed by atoms with Crippen molar-refractivity contribution in [3.63, 3.8) is 0 Å². The van der Waals surface area contributed by atoms with E-state index in [1.165, 1.54) is 23.3 Å². The smallest absolute Gasteiger partial charge is 0.229 e. The van der Waals surface area contributed by atoms with Gasteiger partial charge in [-0.1, -0.05) is 24.3 Å². The fourth-order valence-electron chi connectivity index (χ4n) is 3.27. The molecule has 0 N–H and O–H groups in total. The first kappa shape index (κ1) is 16.5. The highest BCUT2D eigenvalue weighted by Gasteiger charge is 2.23. The molecular formula is C21H19FN2O2. The summed E-state index contributed by atoms with van der Waals surface area (Å²) in [5.41, 5.74) is 3.84. The first-order valence-electron chi connectivity index (χ1n) is 8.67. The molecule has 0 spiro atoms. The summed E-state index contributed by atoms with van der Waals surface area (Å²) in [6, 6.07) is 14.2. The third-order valence-electron chi connectivity index (χ3n) is 4.79. The van der Waals surface area contributed by atoms with Crippen LogP contribution in [0.3, 0.4) is 0 Å². The summed E-state index contributed by atoms with van der Waals surface area (Å²) in [6.07, 6.45) is 1.08. The number of nitrogens with zero attached hydrogens (tertiary/aromatic N) is 2. The Labute approximate surface area is 151 Å². The number of oxazole rings is 1. The van der Waals surface area contributed by atoms with Gasteiger partial charge in [0.1, 0.15) is 11.6 Å². The van der Waals surface area contributed by atoms with E-state index in [1.807, 2.05) is 17.0 Å². The lowest BCUT2D eigenvalue weighted by Gasteiger charge is -2.28. The maximum absolute atomic E-state index is 13.1. The molecule has 5 heteroatoms. The Bertz CT molecular complexity index is 947. The zero-order valence-corrected chi connectivity index (χ0v) is 14.5. The van der Waals surface area contributed by atoms with Gasteiger partial charge in [0.2, 0.25) is 11.8 Å². The van der Waals surface area contributed by atoms with Crippen LogP contribution in [0.15, 0.2) is 52.9 Å². The number of amides is 1. The van der Waals surface area contributed by atoms with Gasteiger partial charge in [0.25, 0.3) is 0 Å². The first-order chi connectivity index (χ1) is 12.6. The van der Waals surface area contributed by atoms with Crippen LogP contribution in [0, 0.1) is 12.7 Å². The number of hydrogen-bond donors (Lipinski definition) is 0. The Hall–Kier alpha value is -2.95. The molecule has 0 atom stereocenters. The zero-order chi connectivity index (χ0) is 18.1. The average molecular weight is 350 g/mol. The van der Waals surface area contributed by atoms with E-state index in [9.17, 15) is 9.18 Å². The summed E-state index contributed by atoms with van der Waals surface area (Å²) in [5, 5.41) is 0. The molecule has 0 unspecified atom stereocenters. The van der Waals surface area contributed by atoms with Crippen molar-refractivity contribution in [2.75, 3.05) is 6.54 Å². The van der Waals surface area contributed by atoms with Crippen LogP contribution in [0.4, 0.5) is 4.39 Å². The Morgan fingerprint density at radius 2 is 1.88 bits per heavy atom. The lowest BCUT2D eigenvalue weighted by Crippen LogP contribution is -2.37. The van der Waals surface area contributed by atoms with Gasteiger partial charge in [0.05, 0.1) is 12.1 Å². The van der Waals surface area contributed by atoms with Crippen molar-refractivity contribution in [2.24, 2.45) is 0 Å². The second-order valence-corrected chi connectivity index (χ2v) is 6.54. The lowest BCUT2D eigenvalue weighted by atomic mass is 9.99. The third kappa shape index (κ3) is 3.25. The molecule has 4 nitrogen and oxygen atoms in total. The van der Waals surface area contributed by atoms with Gasteiger partial charge in [0, 0.05) is 18.7 Å². The van der Waals surface area contributed by atoms with E-state index in [-0.39, 0.29) is 18.1 Å². The number of rotatable bonds is 3. The van der Waals surface area contributed by atoms with Crippen molar-refractivity contribution in [3.05, 3.63) is 76.9 Å². The highest BCUT2D eigenvalue weighted by molar-refractivity contribution is 5.79. The largest absolute Gasteiger partial charge is 0.441 e. The number of benzene rings is 2. The summed E-state index contributed by atoms with van der Waals surface area (Å²) >= 11 is 0. The summed E-state index contributed by atoms with van der Waals surface area (Å²) in [6.45, 7) is 3.16. The highest BCUT2D eigenvalue weighted by atomic mass is 19.1. The van der Waals surface area contributed by atoms with Crippen LogP contribution in [-0.4, -0.2) is 22.3 Å². The van der Waals surface area contributed by atoms with Crippen molar-refractivity contribution >= 4 is 5.91 Å². The van der Waals surface area contributed by atoms with E-state index < -0.39 is 0 Å². The molecule has 1 amide bonds. The molecule has 132 valence electrons. The maximum Gasteiger partial charge on any atom is 0.229 e. The molecule has 4 rings (SSSR count). The van der Waals surface area contributed by atoms with Crippen LogP contribution in [0.1, 0.15) is 22.6 Å². The number of halogens is 1. The van der Waals surface area contributed by atoms with Crippen LogP contribution in [0.25, 0.3) is 11.5 Å². The molecule has 0 radical (unpaired) electrons. The lowest BCUT2D eigenvalue weighted by molar-refractivity contribution is -0.131. The van der Waals surface area contributed by atoms with Crippen molar-refractivity contribution in [1.82, 2.24) is 9.88 Å². The van der Waals surface area contributed by atoms with Gasteiger partial charge < -0.3 is 9.32 Å². The number of fused-ring (bicyclic) bond motifs is 1. The van der Waals surface area contributed by atoms with E-state index in [0.29, 0.717) is 29.5 Å².